The van der Waals surface area contributed by atoms with Gasteiger partial charge < -0.3 is 106 Å². The number of nitrogens with zero attached hydrogens (tertiary/aromatic N) is 2. The number of hydrogen-bond acceptors (Lipinski definition) is 23. The highest BCUT2D eigenvalue weighted by Gasteiger charge is 2.32. The zero-order chi connectivity index (χ0) is 86.2. The molecule has 4 N–H and O–H groups in total. The van der Waals surface area contributed by atoms with Gasteiger partial charge in [0, 0.05) is 19.6 Å². The number of benzene rings is 6. The topological polar surface area (TPSA) is 290 Å². The molecule has 26 nitrogen and oxygen atoms in total. The summed E-state index contributed by atoms with van der Waals surface area (Å²) >= 11 is 0. The number of likely N-dealkylation sites (tertiary alicyclic amines) is 1. The predicted molar refractivity (Wildman–Crippen MR) is 463 cm³/mol. The Bertz CT molecular complexity index is 5240. The second-order valence-corrected chi connectivity index (χ2v) is 29.1. The SMILES string of the molecule is COc1ccc2c(c1)C(CC(=O)NCc1ccco1)=C(C)/C2=C/c1cc(OC)c(OCC(=O)OC2CCN(C)CC2)c(OC)c1.COc1ccc2c(c1)C(CC(=O)NCc1ccco1)=C(C)/C2=C/c1cc(OC)c(OCCN(C)C)c(OC)c1.COc1ccc2c(c1)C(CC(=O)NCc1ccco1)=C(C)/C2=C/c1cc(OC)c(OCCO)c(OC)c1. The minimum atomic E-state index is -0.431. The third-order valence-electron chi connectivity index (χ3n) is 21.0. The van der Waals surface area contributed by atoms with E-state index in [9.17, 15) is 19.2 Å². The highest BCUT2D eigenvalue weighted by molar-refractivity contribution is 6.11. The number of carbonyl (C=O) groups excluding carboxylic acids is 4. The molecule has 13 rings (SSSR count). The molecule has 6 aromatic carbocycles. The van der Waals surface area contributed by atoms with E-state index in [0.717, 1.165) is 144 Å². The lowest BCUT2D eigenvalue weighted by Gasteiger charge is -2.28. The number of aliphatic hydroxyl groups excluding tert-OH is 1. The molecule has 3 amide bonds. The third-order valence-corrected chi connectivity index (χ3v) is 21.0. The number of fused-ring (bicyclic) bond motifs is 3. The van der Waals surface area contributed by atoms with Crippen LogP contribution in [0.1, 0.15) is 120 Å². The number of allylic oxidation sites excluding steroid dienone is 6. The number of likely N-dealkylation sites (N-methyl/N-ethyl adjacent to an activating group) is 1. The average Bonchev–Trinajstić information content (AvgIpc) is 1.63. The summed E-state index contributed by atoms with van der Waals surface area (Å²) in [5.74, 6) is 7.83. The summed E-state index contributed by atoms with van der Waals surface area (Å²) in [6.07, 6.45) is 13.1. The van der Waals surface area contributed by atoms with E-state index in [4.69, 9.17) is 79.9 Å². The van der Waals surface area contributed by atoms with E-state index in [1.807, 2.05) is 161 Å². The van der Waals surface area contributed by atoms with Gasteiger partial charge in [0.15, 0.2) is 41.1 Å². The molecule has 3 aromatic heterocycles. The van der Waals surface area contributed by atoms with E-state index < -0.39 is 5.97 Å². The molecule has 1 fully saturated rings. The second kappa shape index (κ2) is 42.6. The van der Waals surface area contributed by atoms with Gasteiger partial charge in [-0.05, 0) is 282 Å². The smallest absolute Gasteiger partial charge is 0.344 e. The maximum absolute atomic E-state index is 13.0. The first kappa shape index (κ1) is 88.8. The van der Waals surface area contributed by atoms with Crippen molar-refractivity contribution in [1.29, 1.82) is 0 Å². The molecule has 0 radical (unpaired) electrons. The van der Waals surface area contributed by atoms with E-state index in [1.165, 1.54) is 14.2 Å². The van der Waals surface area contributed by atoms with Gasteiger partial charge >= 0.3 is 5.97 Å². The van der Waals surface area contributed by atoms with Crippen molar-refractivity contribution in [3.63, 3.8) is 0 Å². The van der Waals surface area contributed by atoms with Gasteiger partial charge in [0.25, 0.3) is 0 Å². The minimum absolute atomic E-state index is 0.0849. The standard InChI is InChI=1S/C35H40N2O8.C31H36N2O6.C29H31NO7/c1-22-28(27-9-8-25(40-3)18-30(27)29(22)19-33(38)36-20-26-7-6-14-43-26)15-23-16-31(41-4)35(32(17-23)42-5)44-21-34(39)45-24-10-12-37(2)13-11-24;1-20-25(14-21-15-28(36-5)31(29(16-21)37-6)39-13-11-33(2)3)24-10-9-22(35-4)17-27(24)26(20)18-30(34)32-19-23-8-7-12-38-23;1-18-23(12-19-13-26(34-3)29(37-11-9-31)27(14-19)35-4)22-8-7-20(33-2)15-25(22)24(18)16-28(32)30-17-21-6-5-10-36-21/h6-9,14-18,24H,10-13,19-21H2,1-5H3,(H,36,38);7-10,12,14-17H,11,13,18-19H2,1-6H3,(H,32,34);5-8,10,12-15,31H,9,11,16-17H2,1-4H3,(H,30,32)/b28-15-;25-14-;23-12-. The van der Waals surface area contributed by atoms with Gasteiger partial charge in [-0.15, -0.1) is 0 Å². The fourth-order valence-corrected chi connectivity index (χ4v) is 14.6. The molecule has 0 unspecified atom stereocenters. The molecule has 4 heterocycles. The molecule has 0 bridgehead atoms. The predicted octanol–water partition coefficient (Wildman–Crippen LogP) is 15.3. The Labute approximate surface area is 705 Å². The Morgan fingerprint density at radius 3 is 1.05 bits per heavy atom. The number of carbonyl (C=O) groups is 4. The van der Waals surface area contributed by atoms with Crippen LogP contribution in [-0.2, 0) is 43.5 Å². The molecule has 3 aliphatic carbocycles. The van der Waals surface area contributed by atoms with Gasteiger partial charge in [-0.25, -0.2) is 4.79 Å². The molecule has 1 saturated heterocycles. The summed E-state index contributed by atoms with van der Waals surface area (Å²) in [5, 5.41) is 18.0. The number of ether oxygens (including phenoxy) is 13. The first-order valence-electron chi connectivity index (χ1n) is 39.6. The number of furan rings is 3. The molecular formula is C95H107N5O21. The Morgan fingerprint density at radius 2 is 0.760 bits per heavy atom. The summed E-state index contributed by atoms with van der Waals surface area (Å²) in [4.78, 5) is 55.6. The Morgan fingerprint density at radius 1 is 0.438 bits per heavy atom. The molecule has 4 aliphatic rings. The molecule has 0 atom stereocenters. The zero-order valence-corrected chi connectivity index (χ0v) is 71.3. The highest BCUT2D eigenvalue weighted by atomic mass is 16.6. The maximum atomic E-state index is 13.0. The number of rotatable bonds is 35. The molecular weight excluding hydrogens is 1550 g/mol. The van der Waals surface area contributed by atoms with Crippen LogP contribution in [0.15, 0.2) is 176 Å². The van der Waals surface area contributed by atoms with Crippen LogP contribution in [0.2, 0.25) is 0 Å². The Balaban J connectivity index is 0.000000178. The monoisotopic (exact) mass is 1650 g/mol. The zero-order valence-electron chi connectivity index (χ0n) is 71.3. The van der Waals surface area contributed by atoms with Crippen LogP contribution < -0.4 is 72.8 Å². The van der Waals surface area contributed by atoms with Gasteiger partial charge in [0.1, 0.15) is 53.8 Å². The van der Waals surface area contributed by atoms with Crippen LogP contribution in [0.25, 0.3) is 51.7 Å². The Kier molecular flexibility index (Phi) is 31.2. The van der Waals surface area contributed by atoms with E-state index >= 15 is 0 Å². The quantitative estimate of drug-likeness (QED) is 0.0268. The number of hydrogen-bond donors (Lipinski definition) is 4. The second-order valence-electron chi connectivity index (χ2n) is 29.1. The molecule has 9 aromatic rings. The number of nitrogens with one attached hydrogen (secondary N) is 3. The molecule has 0 saturated carbocycles. The van der Waals surface area contributed by atoms with E-state index in [-0.39, 0.29) is 62.9 Å². The first-order valence-corrected chi connectivity index (χ1v) is 39.6. The van der Waals surface area contributed by atoms with Crippen LogP contribution in [0, 0.1) is 0 Å². The van der Waals surface area contributed by atoms with Crippen molar-refractivity contribution in [2.45, 2.75) is 78.6 Å². The van der Waals surface area contributed by atoms with Crippen molar-refractivity contribution in [1.82, 2.24) is 25.8 Å². The van der Waals surface area contributed by atoms with Gasteiger partial charge in [0.05, 0.1) is 128 Å². The van der Waals surface area contributed by atoms with Gasteiger partial charge in [-0.3, -0.25) is 14.4 Å². The van der Waals surface area contributed by atoms with E-state index in [1.54, 1.807) is 86.8 Å². The van der Waals surface area contributed by atoms with Crippen LogP contribution in [-0.4, -0.2) is 176 Å². The summed E-state index contributed by atoms with van der Waals surface area (Å²) in [5.41, 5.74) is 17.2. The highest BCUT2D eigenvalue weighted by Crippen LogP contribution is 2.51. The summed E-state index contributed by atoms with van der Waals surface area (Å²) in [6.45, 7) is 9.84. The van der Waals surface area contributed by atoms with E-state index in [0.29, 0.717) is 101 Å². The lowest BCUT2D eigenvalue weighted by atomic mass is 10.00. The largest absolute Gasteiger partial charge is 0.497 e. The van der Waals surface area contributed by atoms with E-state index in [2.05, 4.69) is 34.0 Å². The minimum Gasteiger partial charge on any atom is -0.497 e. The van der Waals surface area contributed by atoms with Gasteiger partial charge in [-0.2, -0.15) is 0 Å². The van der Waals surface area contributed by atoms with Crippen molar-refractivity contribution >= 4 is 75.4 Å². The Hall–Kier alpha value is -13.0. The van der Waals surface area contributed by atoms with Gasteiger partial charge in [0.2, 0.25) is 35.0 Å². The summed E-state index contributed by atoms with van der Waals surface area (Å²) in [6, 6.07) is 39.8. The van der Waals surface area contributed by atoms with Crippen LogP contribution in [0.4, 0.5) is 0 Å². The van der Waals surface area contributed by atoms with Crippen molar-refractivity contribution in [2.75, 3.05) is 131 Å². The lowest BCUT2D eigenvalue weighted by molar-refractivity contribution is -0.153. The van der Waals surface area contributed by atoms with Crippen molar-refractivity contribution < 1.29 is 99.1 Å². The number of esters is 1. The number of methoxy groups -OCH3 is 9. The first-order chi connectivity index (χ1) is 58.6. The average molecular weight is 1650 g/mol. The molecule has 0 spiro atoms. The fraction of sp³-hybridized carbons (Fsp3) is 0.326. The number of aliphatic hydroxyl groups is 1. The van der Waals surface area contributed by atoms with Crippen molar-refractivity contribution in [3.05, 3.63) is 230 Å². The summed E-state index contributed by atoms with van der Waals surface area (Å²) < 4.78 is 89.4. The fourth-order valence-electron chi connectivity index (χ4n) is 14.6. The van der Waals surface area contributed by atoms with Crippen LogP contribution in [0.5, 0.6) is 69.0 Å². The third kappa shape index (κ3) is 22.5. The number of amides is 3. The maximum Gasteiger partial charge on any atom is 0.344 e. The molecule has 1 aliphatic heterocycles. The molecule has 26 heteroatoms. The normalized spacial score (nSPS) is 14.4. The van der Waals surface area contributed by atoms with Gasteiger partial charge in [-0.1, -0.05) is 18.2 Å². The summed E-state index contributed by atoms with van der Waals surface area (Å²) in [7, 11) is 20.4. The van der Waals surface area contributed by atoms with Crippen molar-refractivity contribution in [2.24, 2.45) is 0 Å². The van der Waals surface area contributed by atoms with Crippen molar-refractivity contribution in [3.8, 4) is 69.0 Å². The molecule has 121 heavy (non-hydrogen) atoms. The lowest BCUT2D eigenvalue weighted by Crippen LogP contribution is -2.36. The van der Waals surface area contributed by atoms with Crippen LogP contribution >= 0.6 is 0 Å². The van der Waals surface area contributed by atoms with Crippen LogP contribution in [0.3, 0.4) is 0 Å². The number of piperidine rings is 1. The molecule has 638 valence electrons.